The lowest BCUT2D eigenvalue weighted by Crippen LogP contribution is -2.56. The number of hydrogen-bond donors (Lipinski definition) is 2. The number of sulfonamides is 1. The Hall–Kier alpha value is -3.26. The van der Waals surface area contributed by atoms with Crippen LogP contribution in [0.3, 0.4) is 0 Å². The average Bonchev–Trinajstić information content (AvgIpc) is 2.73. The minimum absolute atomic E-state index is 0.164. The predicted molar refractivity (Wildman–Crippen MR) is 109 cm³/mol. The smallest absolute Gasteiger partial charge is 0.286 e. The van der Waals surface area contributed by atoms with Crippen molar-refractivity contribution in [2.24, 2.45) is 4.40 Å². The number of hydrogen-bond acceptors (Lipinski definition) is 7. The molecule has 1 amide bonds. The summed E-state index contributed by atoms with van der Waals surface area (Å²) in [7, 11) is -4.16. The SMILES string of the molecule is Cc1ccc(N2CCOC([C@@H](O)C3=NS(=O)(=O)c4cc(C#N)ccc4N3)C2=O)cc1. The van der Waals surface area contributed by atoms with Crippen LogP contribution in [0.5, 0.6) is 0 Å². The molecule has 2 aliphatic heterocycles. The van der Waals surface area contributed by atoms with E-state index in [4.69, 9.17) is 10.00 Å². The standard InChI is InChI=1S/C20H18N4O5S/c1-12-2-5-14(6-3-12)24-8-9-29-18(20(24)26)17(25)19-22-15-7-4-13(11-21)10-16(15)30(27,28)23-19/h2-7,10,17-18,25H,8-9H2,1H3,(H,22,23)/t17-,18?/m1/s1. The van der Waals surface area contributed by atoms with Crippen LogP contribution in [-0.4, -0.2) is 50.6 Å². The van der Waals surface area contributed by atoms with Gasteiger partial charge in [0, 0.05) is 12.2 Å². The summed E-state index contributed by atoms with van der Waals surface area (Å²) in [6.45, 7) is 2.41. The van der Waals surface area contributed by atoms with Crippen LogP contribution in [0.2, 0.25) is 0 Å². The molecule has 9 nitrogen and oxygen atoms in total. The number of benzene rings is 2. The van der Waals surface area contributed by atoms with E-state index in [1.807, 2.05) is 25.1 Å². The molecule has 2 heterocycles. The first-order chi connectivity index (χ1) is 14.3. The van der Waals surface area contributed by atoms with Crippen LogP contribution in [0.1, 0.15) is 11.1 Å². The summed E-state index contributed by atoms with van der Waals surface area (Å²) in [6, 6.07) is 13.3. The molecule has 10 heteroatoms. The second kappa shape index (κ2) is 7.53. The van der Waals surface area contributed by atoms with Crippen LogP contribution in [0.25, 0.3) is 0 Å². The highest BCUT2D eigenvalue weighted by Gasteiger charge is 2.40. The molecule has 154 valence electrons. The van der Waals surface area contributed by atoms with Crippen LogP contribution in [0, 0.1) is 18.3 Å². The third kappa shape index (κ3) is 3.54. The Morgan fingerprint density at radius 1 is 1.30 bits per heavy atom. The molecule has 0 radical (unpaired) electrons. The lowest BCUT2D eigenvalue weighted by Gasteiger charge is -2.35. The second-order valence-electron chi connectivity index (χ2n) is 6.96. The number of aryl methyl sites for hydroxylation is 1. The summed E-state index contributed by atoms with van der Waals surface area (Å²) < 4.78 is 34.2. The van der Waals surface area contributed by atoms with Crippen molar-refractivity contribution in [2.75, 3.05) is 23.4 Å². The van der Waals surface area contributed by atoms with Gasteiger partial charge < -0.3 is 20.1 Å². The number of rotatable bonds is 3. The average molecular weight is 426 g/mol. The van der Waals surface area contributed by atoms with Gasteiger partial charge in [-0.1, -0.05) is 17.7 Å². The zero-order valence-corrected chi connectivity index (χ0v) is 16.8. The number of carbonyl (C=O) groups is 1. The van der Waals surface area contributed by atoms with E-state index < -0.39 is 28.1 Å². The fourth-order valence-corrected chi connectivity index (χ4v) is 4.52. The molecule has 0 aromatic heterocycles. The molecule has 0 saturated carbocycles. The van der Waals surface area contributed by atoms with Crippen molar-refractivity contribution in [3.8, 4) is 6.07 Å². The summed E-state index contributed by atoms with van der Waals surface area (Å²) in [4.78, 5) is 14.3. The molecule has 30 heavy (non-hydrogen) atoms. The van der Waals surface area contributed by atoms with Crippen LogP contribution >= 0.6 is 0 Å². The van der Waals surface area contributed by atoms with Gasteiger partial charge >= 0.3 is 0 Å². The van der Waals surface area contributed by atoms with Gasteiger partial charge in [-0.2, -0.15) is 13.7 Å². The maximum absolute atomic E-state index is 13.0. The van der Waals surface area contributed by atoms with E-state index in [0.717, 1.165) is 5.56 Å². The third-order valence-corrected chi connectivity index (χ3v) is 6.23. The molecule has 1 saturated heterocycles. The summed E-state index contributed by atoms with van der Waals surface area (Å²) in [5.74, 6) is -0.804. The number of fused-ring (bicyclic) bond motifs is 1. The quantitative estimate of drug-likeness (QED) is 0.753. The number of amidine groups is 1. The summed E-state index contributed by atoms with van der Waals surface area (Å²) in [5.41, 5.74) is 2.03. The Kier molecular flexibility index (Phi) is 5.03. The molecule has 0 spiro atoms. The number of nitriles is 1. The van der Waals surface area contributed by atoms with Crippen molar-refractivity contribution >= 4 is 33.1 Å². The topological polar surface area (TPSA) is 132 Å². The molecule has 2 aromatic rings. The normalized spacial score (nSPS) is 21.1. The third-order valence-electron chi connectivity index (χ3n) is 4.90. The number of ether oxygens (including phenoxy) is 1. The summed E-state index contributed by atoms with van der Waals surface area (Å²) in [6.07, 6.45) is -2.94. The largest absolute Gasteiger partial charge is 0.382 e. The fraction of sp³-hybridized carbons (Fsp3) is 0.250. The Balaban J connectivity index is 1.62. The molecule has 0 bridgehead atoms. The van der Waals surface area contributed by atoms with E-state index in [1.165, 1.54) is 23.1 Å². The van der Waals surface area contributed by atoms with Gasteiger partial charge in [0.05, 0.1) is 23.9 Å². The number of aliphatic hydroxyl groups is 1. The van der Waals surface area contributed by atoms with E-state index in [0.29, 0.717) is 12.2 Å². The predicted octanol–water partition coefficient (Wildman–Crippen LogP) is 1.17. The molecular weight excluding hydrogens is 408 g/mol. The first-order valence-corrected chi connectivity index (χ1v) is 10.6. The van der Waals surface area contributed by atoms with Gasteiger partial charge in [0.2, 0.25) is 0 Å². The summed E-state index contributed by atoms with van der Waals surface area (Å²) in [5, 5.41) is 22.5. The van der Waals surface area contributed by atoms with Crippen molar-refractivity contribution in [1.82, 2.24) is 0 Å². The second-order valence-corrected chi connectivity index (χ2v) is 8.53. The highest BCUT2D eigenvalue weighted by Crippen LogP contribution is 2.30. The van der Waals surface area contributed by atoms with E-state index in [1.54, 1.807) is 12.1 Å². The zero-order valence-electron chi connectivity index (χ0n) is 15.9. The number of morpholine rings is 1. The minimum atomic E-state index is -4.16. The molecule has 2 atom stereocenters. The first kappa shape index (κ1) is 20.0. The molecule has 0 aliphatic carbocycles. The highest BCUT2D eigenvalue weighted by atomic mass is 32.2. The van der Waals surface area contributed by atoms with Crippen molar-refractivity contribution in [3.05, 3.63) is 53.6 Å². The monoisotopic (exact) mass is 426 g/mol. The van der Waals surface area contributed by atoms with Crippen LogP contribution in [0.4, 0.5) is 11.4 Å². The molecule has 2 N–H and O–H groups in total. The number of anilines is 2. The van der Waals surface area contributed by atoms with Gasteiger partial charge in [0.25, 0.3) is 15.9 Å². The molecule has 2 aromatic carbocycles. The van der Waals surface area contributed by atoms with Gasteiger partial charge in [-0.3, -0.25) is 4.79 Å². The minimum Gasteiger partial charge on any atom is -0.382 e. The Morgan fingerprint density at radius 2 is 2.03 bits per heavy atom. The highest BCUT2D eigenvalue weighted by molar-refractivity contribution is 7.90. The van der Waals surface area contributed by atoms with E-state index in [-0.39, 0.29) is 28.6 Å². The van der Waals surface area contributed by atoms with Crippen LogP contribution in [-0.2, 0) is 19.6 Å². The van der Waals surface area contributed by atoms with E-state index in [2.05, 4.69) is 9.71 Å². The van der Waals surface area contributed by atoms with E-state index in [9.17, 15) is 18.3 Å². The lowest BCUT2D eigenvalue weighted by atomic mass is 10.1. The lowest BCUT2D eigenvalue weighted by molar-refractivity contribution is -0.139. The molecule has 1 fully saturated rings. The maximum Gasteiger partial charge on any atom is 0.286 e. The first-order valence-electron chi connectivity index (χ1n) is 9.14. The number of aliphatic hydroxyl groups excluding tert-OH is 1. The van der Waals surface area contributed by atoms with E-state index >= 15 is 0 Å². The molecular formula is C20H18N4O5S. The van der Waals surface area contributed by atoms with Crippen LogP contribution < -0.4 is 10.2 Å². The molecule has 1 unspecified atom stereocenters. The molecule has 2 aliphatic rings. The molecule has 4 rings (SSSR count). The number of nitrogens with one attached hydrogen (secondary N) is 1. The number of carbonyl (C=O) groups excluding carboxylic acids is 1. The zero-order chi connectivity index (χ0) is 21.5. The van der Waals surface area contributed by atoms with Gasteiger partial charge in [-0.25, -0.2) is 0 Å². The van der Waals surface area contributed by atoms with Gasteiger partial charge in [-0.05, 0) is 37.3 Å². The van der Waals surface area contributed by atoms with Crippen molar-refractivity contribution in [3.63, 3.8) is 0 Å². The van der Waals surface area contributed by atoms with Gasteiger partial charge in [-0.15, -0.1) is 4.40 Å². The Labute approximate surface area is 173 Å². The maximum atomic E-state index is 13.0. The van der Waals surface area contributed by atoms with Gasteiger partial charge in [0.15, 0.2) is 11.9 Å². The number of nitrogens with zero attached hydrogens (tertiary/aromatic N) is 3. The van der Waals surface area contributed by atoms with Crippen molar-refractivity contribution in [2.45, 2.75) is 24.0 Å². The Morgan fingerprint density at radius 3 is 2.73 bits per heavy atom. The number of amides is 1. The fourth-order valence-electron chi connectivity index (χ4n) is 3.33. The van der Waals surface area contributed by atoms with Crippen molar-refractivity contribution in [1.29, 1.82) is 5.26 Å². The van der Waals surface area contributed by atoms with Crippen molar-refractivity contribution < 1.29 is 23.1 Å². The van der Waals surface area contributed by atoms with Gasteiger partial charge in [0.1, 0.15) is 11.0 Å². The summed E-state index contributed by atoms with van der Waals surface area (Å²) >= 11 is 0. The Bertz CT molecular complexity index is 1180. The van der Waals surface area contributed by atoms with Crippen LogP contribution in [0.15, 0.2) is 51.8 Å².